The van der Waals surface area contributed by atoms with Crippen LogP contribution in [-0.2, 0) is 9.84 Å². The minimum atomic E-state index is -3.39. The maximum Gasteiger partial charge on any atom is 0.178 e. The summed E-state index contributed by atoms with van der Waals surface area (Å²) in [6, 6.07) is 14.3. The summed E-state index contributed by atoms with van der Waals surface area (Å²) < 4.78 is 37.2. The molecule has 0 spiro atoms. The van der Waals surface area contributed by atoms with E-state index in [9.17, 15) is 12.8 Å². The number of aromatic amines is 1. The number of benzene rings is 2. The summed E-state index contributed by atoms with van der Waals surface area (Å²) in [7, 11) is -3.39. The van der Waals surface area contributed by atoms with E-state index in [1.165, 1.54) is 24.3 Å². The molecule has 2 aromatic carbocycles. The van der Waals surface area contributed by atoms with Crippen LogP contribution in [0.4, 0.5) is 4.39 Å². The van der Waals surface area contributed by atoms with E-state index in [-0.39, 0.29) is 29.5 Å². The third kappa shape index (κ3) is 3.94. The quantitative estimate of drug-likeness (QED) is 0.708. The number of aromatic nitrogens is 2. The zero-order valence-corrected chi connectivity index (χ0v) is 14.1. The molecule has 5 nitrogen and oxygen atoms in total. The van der Waals surface area contributed by atoms with Gasteiger partial charge in [-0.05, 0) is 54.4 Å². The Morgan fingerprint density at radius 2 is 1.64 bits per heavy atom. The van der Waals surface area contributed by atoms with E-state index < -0.39 is 9.84 Å². The fourth-order valence-corrected chi connectivity index (χ4v) is 3.75. The molecule has 0 unspecified atom stereocenters. The number of halogens is 1. The van der Waals surface area contributed by atoms with Gasteiger partial charge in [0.25, 0.3) is 0 Å². The van der Waals surface area contributed by atoms with E-state index in [2.05, 4.69) is 10.2 Å². The van der Waals surface area contributed by atoms with Crippen LogP contribution in [0.15, 0.2) is 59.5 Å². The topological polar surface area (TPSA) is 83.0 Å². The lowest BCUT2D eigenvalue weighted by Crippen LogP contribution is -2.08. The summed E-state index contributed by atoms with van der Waals surface area (Å²) in [6.07, 6.45) is 0.213. The number of nitrogens with zero attached hydrogens (tertiary/aromatic N) is 1. The molecule has 0 bridgehead atoms. The number of nitrogens with one attached hydrogen (secondary N) is 1. The SMILES string of the molecule is O=S(=O)(CCCO)c1ccc(-c2cc(-c3ccc(F)cc3)[nH]n2)cc1. The van der Waals surface area contributed by atoms with Crippen molar-refractivity contribution in [2.45, 2.75) is 11.3 Å². The zero-order chi connectivity index (χ0) is 17.9. The smallest absolute Gasteiger partial charge is 0.178 e. The van der Waals surface area contributed by atoms with Crippen molar-refractivity contribution in [2.75, 3.05) is 12.4 Å². The standard InChI is InChI=1S/C18H17FN2O3S/c19-15-6-2-13(3-7-15)17-12-18(21-20-17)14-4-8-16(9-5-14)25(23,24)11-1-10-22/h2-9,12,22H,1,10-11H2,(H,20,21). The second kappa shape index (κ2) is 7.16. The van der Waals surface area contributed by atoms with E-state index in [0.717, 1.165) is 16.8 Å². The van der Waals surface area contributed by atoms with Gasteiger partial charge >= 0.3 is 0 Å². The number of rotatable bonds is 6. The van der Waals surface area contributed by atoms with Crippen LogP contribution in [0.25, 0.3) is 22.5 Å². The Bertz CT molecular complexity index is 949. The average Bonchev–Trinajstić information content (AvgIpc) is 3.11. The van der Waals surface area contributed by atoms with Crippen LogP contribution in [0, 0.1) is 5.82 Å². The molecule has 0 amide bonds. The molecule has 0 aliphatic rings. The third-order valence-corrected chi connectivity index (χ3v) is 5.63. The molecule has 0 aliphatic carbocycles. The van der Waals surface area contributed by atoms with Crippen molar-refractivity contribution in [3.63, 3.8) is 0 Å². The van der Waals surface area contributed by atoms with E-state index >= 15 is 0 Å². The predicted octanol–water partition coefficient (Wildman–Crippen LogP) is 3.04. The van der Waals surface area contributed by atoms with E-state index in [1.807, 2.05) is 6.07 Å². The van der Waals surface area contributed by atoms with Crippen LogP contribution in [0.2, 0.25) is 0 Å². The summed E-state index contributed by atoms with van der Waals surface area (Å²) >= 11 is 0. The number of aliphatic hydroxyl groups is 1. The summed E-state index contributed by atoms with van der Waals surface area (Å²) in [5.41, 5.74) is 2.99. The molecule has 1 heterocycles. The highest BCUT2D eigenvalue weighted by Gasteiger charge is 2.14. The lowest BCUT2D eigenvalue weighted by molar-refractivity contribution is 0.295. The first-order valence-electron chi connectivity index (χ1n) is 7.75. The first kappa shape index (κ1) is 17.3. The van der Waals surface area contributed by atoms with Crippen LogP contribution in [0.5, 0.6) is 0 Å². The second-order valence-electron chi connectivity index (χ2n) is 5.59. The summed E-state index contributed by atoms with van der Waals surface area (Å²) in [5, 5.41) is 15.9. The van der Waals surface area contributed by atoms with Crippen LogP contribution < -0.4 is 0 Å². The highest BCUT2D eigenvalue weighted by atomic mass is 32.2. The van der Waals surface area contributed by atoms with Crippen molar-refractivity contribution in [1.29, 1.82) is 0 Å². The Kier molecular flexibility index (Phi) is 4.96. The molecule has 3 rings (SSSR count). The highest BCUT2D eigenvalue weighted by Crippen LogP contribution is 2.25. The molecule has 0 aliphatic heterocycles. The van der Waals surface area contributed by atoms with Gasteiger partial charge in [0, 0.05) is 12.2 Å². The van der Waals surface area contributed by atoms with Crippen LogP contribution >= 0.6 is 0 Å². The Hall–Kier alpha value is -2.51. The molecule has 0 saturated heterocycles. The molecule has 2 N–H and O–H groups in total. The fraction of sp³-hybridized carbons (Fsp3) is 0.167. The van der Waals surface area contributed by atoms with Gasteiger partial charge in [-0.25, -0.2) is 12.8 Å². The van der Waals surface area contributed by atoms with Gasteiger partial charge in [-0.2, -0.15) is 5.10 Å². The molecule has 3 aromatic rings. The molecular formula is C18H17FN2O3S. The Balaban J connectivity index is 1.82. The molecule has 0 atom stereocenters. The minimum absolute atomic E-state index is 0.0834. The van der Waals surface area contributed by atoms with Crippen LogP contribution in [0.1, 0.15) is 6.42 Å². The molecule has 1 aromatic heterocycles. The van der Waals surface area contributed by atoms with E-state index in [4.69, 9.17) is 5.11 Å². The number of sulfone groups is 1. The molecule has 7 heteroatoms. The van der Waals surface area contributed by atoms with E-state index in [1.54, 1.807) is 24.3 Å². The normalized spacial score (nSPS) is 11.6. The lowest BCUT2D eigenvalue weighted by Gasteiger charge is -2.04. The summed E-state index contributed by atoms with van der Waals surface area (Å²) in [5.74, 6) is -0.388. The minimum Gasteiger partial charge on any atom is -0.396 e. The Morgan fingerprint density at radius 1 is 1.00 bits per heavy atom. The first-order chi connectivity index (χ1) is 12.0. The Morgan fingerprint density at radius 3 is 2.28 bits per heavy atom. The summed E-state index contributed by atoms with van der Waals surface area (Å²) in [4.78, 5) is 0.221. The average molecular weight is 360 g/mol. The molecule has 0 saturated carbocycles. The Labute approximate surface area is 145 Å². The van der Waals surface area contributed by atoms with Crippen LogP contribution in [-0.4, -0.2) is 36.1 Å². The van der Waals surface area contributed by atoms with Gasteiger partial charge in [0.05, 0.1) is 22.0 Å². The van der Waals surface area contributed by atoms with Crippen LogP contribution in [0.3, 0.4) is 0 Å². The van der Waals surface area contributed by atoms with E-state index in [0.29, 0.717) is 5.69 Å². The van der Waals surface area contributed by atoms with Crippen molar-refractivity contribution < 1.29 is 17.9 Å². The number of hydrogen-bond donors (Lipinski definition) is 2. The van der Waals surface area contributed by atoms with Gasteiger partial charge in [0.15, 0.2) is 9.84 Å². The van der Waals surface area contributed by atoms with Gasteiger partial charge in [-0.3, -0.25) is 5.10 Å². The highest BCUT2D eigenvalue weighted by molar-refractivity contribution is 7.91. The fourth-order valence-electron chi connectivity index (χ4n) is 2.45. The van der Waals surface area contributed by atoms with Gasteiger partial charge in [0.2, 0.25) is 0 Å². The molecule has 25 heavy (non-hydrogen) atoms. The molecule has 0 fully saturated rings. The van der Waals surface area contributed by atoms with Crippen molar-refractivity contribution in [2.24, 2.45) is 0 Å². The van der Waals surface area contributed by atoms with Crippen molar-refractivity contribution in [1.82, 2.24) is 10.2 Å². The first-order valence-corrected chi connectivity index (χ1v) is 9.40. The van der Waals surface area contributed by atoms with Gasteiger partial charge < -0.3 is 5.11 Å². The lowest BCUT2D eigenvalue weighted by atomic mass is 10.1. The summed E-state index contributed by atoms with van der Waals surface area (Å²) in [6.45, 7) is -0.156. The number of hydrogen-bond acceptors (Lipinski definition) is 4. The van der Waals surface area contributed by atoms with Gasteiger partial charge in [-0.1, -0.05) is 12.1 Å². The third-order valence-electron chi connectivity index (χ3n) is 3.81. The van der Waals surface area contributed by atoms with Crippen molar-refractivity contribution >= 4 is 9.84 Å². The number of aliphatic hydroxyl groups excluding tert-OH is 1. The largest absolute Gasteiger partial charge is 0.396 e. The van der Waals surface area contributed by atoms with Crippen molar-refractivity contribution in [3.8, 4) is 22.5 Å². The second-order valence-corrected chi connectivity index (χ2v) is 7.70. The zero-order valence-electron chi connectivity index (χ0n) is 13.3. The predicted molar refractivity (Wildman–Crippen MR) is 93.2 cm³/mol. The van der Waals surface area contributed by atoms with Crippen molar-refractivity contribution in [3.05, 3.63) is 60.4 Å². The maximum absolute atomic E-state index is 13.0. The number of H-pyrrole nitrogens is 1. The van der Waals surface area contributed by atoms with Gasteiger partial charge in [-0.15, -0.1) is 0 Å². The monoisotopic (exact) mass is 360 g/mol. The molecule has 0 radical (unpaired) electrons. The van der Waals surface area contributed by atoms with Gasteiger partial charge in [0.1, 0.15) is 5.82 Å². The molecular weight excluding hydrogens is 343 g/mol. The molecule has 130 valence electrons. The maximum atomic E-state index is 13.0.